The van der Waals surface area contributed by atoms with Crippen molar-refractivity contribution in [3.63, 3.8) is 0 Å². The Balaban J connectivity index is 0.00000361. The van der Waals surface area contributed by atoms with Crippen molar-refractivity contribution < 1.29 is 36.2 Å². The molecule has 0 saturated carbocycles. The molecule has 0 aliphatic carbocycles. The molecule has 0 N–H and O–H groups in total. The van der Waals surface area contributed by atoms with Gasteiger partial charge in [0.25, 0.3) is 0 Å². The molecule has 5 nitrogen and oxygen atoms in total. The van der Waals surface area contributed by atoms with Crippen LogP contribution < -0.4 is 12.4 Å². The summed E-state index contributed by atoms with van der Waals surface area (Å²) < 4.78 is 14.6. The standard InChI is InChI=1S/C14H22O5.ClH/c1-17-13(15)5-6-14(16)19-9-3-2-4-12-7-10-18-11-8-12;/h5-6,12H,2-4,7-11H2,1H3;1H/p-1/b6-5+;. The minimum absolute atomic E-state index is 0. The topological polar surface area (TPSA) is 61.8 Å². The maximum Gasteiger partial charge on any atom is 0.331 e. The molecule has 0 spiro atoms. The molecule has 6 heteroatoms. The molecule has 1 aliphatic heterocycles. The van der Waals surface area contributed by atoms with Gasteiger partial charge in [-0.15, -0.1) is 0 Å². The Morgan fingerprint density at radius 3 is 2.45 bits per heavy atom. The van der Waals surface area contributed by atoms with Gasteiger partial charge in [-0.3, -0.25) is 0 Å². The number of unbranched alkanes of at least 4 members (excludes halogenated alkanes) is 1. The van der Waals surface area contributed by atoms with Crippen molar-refractivity contribution in [2.45, 2.75) is 32.1 Å². The van der Waals surface area contributed by atoms with E-state index in [1.165, 1.54) is 13.5 Å². The van der Waals surface area contributed by atoms with E-state index in [1.54, 1.807) is 0 Å². The smallest absolute Gasteiger partial charge is 0.331 e. The van der Waals surface area contributed by atoms with Crippen molar-refractivity contribution in [2.24, 2.45) is 5.92 Å². The van der Waals surface area contributed by atoms with Crippen molar-refractivity contribution in [3.8, 4) is 0 Å². The molecule has 0 amide bonds. The average Bonchev–Trinajstić information content (AvgIpc) is 2.45. The highest BCUT2D eigenvalue weighted by atomic mass is 35.5. The van der Waals surface area contributed by atoms with Gasteiger partial charge in [-0.2, -0.15) is 0 Å². The Morgan fingerprint density at radius 2 is 1.80 bits per heavy atom. The average molecular weight is 306 g/mol. The maximum absolute atomic E-state index is 11.2. The summed E-state index contributed by atoms with van der Waals surface area (Å²) in [7, 11) is 1.26. The molecular weight excluding hydrogens is 284 g/mol. The summed E-state index contributed by atoms with van der Waals surface area (Å²) in [5.41, 5.74) is 0. The lowest BCUT2D eigenvalue weighted by molar-refractivity contribution is -0.139. The normalized spacial score (nSPS) is 15.7. The molecule has 1 aliphatic rings. The second kappa shape index (κ2) is 11.7. The number of carbonyl (C=O) groups is 2. The summed E-state index contributed by atoms with van der Waals surface area (Å²) in [6, 6.07) is 0. The van der Waals surface area contributed by atoms with Gasteiger partial charge in [-0.1, -0.05) is 6.42 Å². The lowest BCUT2D eigenvalue weighted by Crippen LogP contribution is -3.00. The largest absolute Gasteiger partial charge is 1.00 e. The van der Waals surface area contributed by atoms with E-state index < -0.39 is 11.9 Å². The van der Waals surface area contributed by atoms with Crippen LogP contribution in [-0.4, -0.2) is 38.9 Å². The SMILES string of the molecule is COC(=O)/C=C/C(=O)OCCCCC1CCOCC1.[Cl-]. The van der Waals surface area contributed by atoms with Crippen LogP contribution in [0.5, 0.6) is 0 Å². The van der Waals surface area contributed by atoms with Crippen molar-refractivity contribution in [2.75, 3.05) is 26.9 Å². The minimum atomic E-state index is -0.559. The highest BCUT2D eigenvalue weighted by Gasteiger charge is 2.12. The zero-order chi connectivity index (χ0) is 13.9. The number of ether oxygens (including phenoxy) is 3. The Kier molecular flexibility index (Phi) is 11.1. The van der Waals surface area contributed by atoms with Gasteiger partial charge >= 0.3 is 11.9 Å². The monoisotopic (exact) mass is 305 g/mol. The van der Waals surface area contributed by atoms with Gasteiger partial charge in [0.1, 0.15) is 0 Å². The first-order valence-corrected chi connectivity index (χ1v) is 6.73. The first kappa shape index (κ1) is 18.9. The van der Waals surface area contributed by atoms with Crippen LogP contribution in [0, 0.1) is 5.92 Å². The zero-order valence-corrected chi connectivity index (χ0v) is 12.6. The maximum atomic E-state index is 11.2. The lowest BCUT2D eigenvalue weighted by Gasteiger charge is -2.21. The van der Waals surface area contributed by atoms with E-state index in [9.17, 15) is 9.59 Å². The quantitative estimate of drug-likeness (QED) is 0.338. The Bertz CT molecular complexity index is 311. The third-order valence-electron chi connectivity index (χ3n) is 3.15. The number of hydrogen-bond donors (Lipinski definition) is 0. The summed E-state index contributed by atoms with van der Waals surface area (Å²) in [6.07, 6.45) is 7.50. The molecular formula is C14H22ClO5-. The summed E-state index contributed by atoms with van der Waals surface area (Å²) in [6.45, 7) is 2.14. The van der Waals surface area contributed by atoms with E-state index in [2.05, 4.69) is 4.74 Å². The first-order valence-electron chi connectivity index (χ1n) is 6.73. The molecule has 20 heavy (non-hydrogen) atoms. The summed E-state index contributed by atoms with van der Waals surface area (Å²) in [5.74, 6) is -0.309. The van der Waals surface area contributed by atoms with Gasteiger partial charge in [0.2, 0.25) is 0 Å². The van der Waals surface area contributed by atoms with Crippen molar-refractivity contribution >= 4 is 11.9 Å². The fraction of sp³-hybridized carbons (Fsp3) is 0.714. The van der Waals surface area contributed by atoms with Crippen LogP contribution in [0.3, 0.4) is 0 Å². The Labute approximate surface area is 126 Å². The molecule has 1 saturated heterocycles. The van der Waals surface area contributed by atoms with E-state index in [-0.39, 0.29) is 12.4 Å². The van der Waals surface area contributed by atoms with Gasteiger partial charge in [-0.05, 0) is 31.6 Å². The van der Waals surface area contributed by atoms with Gasteiger partial charge in [-0.25, -0.2) is 9.59 Å². The van der Waals surface area contributed by atoms with Crippen molar-refractivity contribution in [1.29, 1.82) is 0 Å². The van der Waals surface area contributed by atoms with Gasteiger partial charge in [0, 0.05) is 25.4 Å². The van der Waals surface area contributed by atoms with Gasteiger partial charge in [0.15, 0.2) is 0 Å². The molecule has 0 atom stereocenters. The predicted molar refractivity (Wildman–Crippen MR) is 69.5 cm³/mol. The first-order chi connectivity index (χ1) is 9.22. The Hall–Kier alpha value is -1.07. The van der Waals surface area contributed by atoms with Crippen LogP contribution in [0.25, 0.3) is 0 Å². The number of halogens is 1. The third-order valence-corrected chi connectivity index (χ3v) is 3.15. The molecule has 1 fully saturated rings. The van der Waals surface area contributed by atoms with E-state index in [0.717, 1.165) is 57.0 Å². The molecule has 0 aromatic carbocycles. The van der Waals surface area contributed by atoms with Crippen LogP contribution in [0.15, 0.2) is 12.2 Å². The molecule has 116 valence electrons. The molecule has 1 rings (SSSR count). The van der Waals surface area contributed by atoms with Crippen molar-refractivity contribution in [3.05, 3.63) is 12.2 Å². The number of esters is 2. The third kappa shape index (κ3) is 8.93. The highest BCUT2D eigenvalue weighted by molar-refractivity contribution is 5.91. The predicted octanol–water partition coefficient (Wildman–Crippen LogP) is -1.14. The lowest BCUT2D eigenvalue weighted by atomic mass is 9.94. The summed E-state index contributed by atoms with van der Waals surface area (Å²) >= 11 is 0. The van der Waals surface area contributed by atoms with Crippen molar-refractivity contribution in [1.82, 2.24) is 0 Å². The van der Waals surface area contributed by atoms with Gasteiger partial charge < -0.3 is 26.6 Å². The number of methoxy groups -OCH3 is 1. The fourth-order valence-corrected chi connectivity index (χ4v) is 2.00. The summed E-state index contributed by atoms with van der Waals surface area (Å²) in [4.78, 5) is 21.9. The molecule has 1 heterocycles. The van der Waals surface area contributed by atoms with E-state index in [0.29, 0.717) is 6.61 Å². The second-order valence-corrected chi connectivity index (χ2v) is 4.58. The van der Waals surface area contributed by atoms with Crippen LogP contribution in [-0.2, 0) is 23.8 Å². The van der Waals surface area contributed by atoms with Crippen LogP contribution in [0.1, 0.15) is 32.1 Å². The molecule has 0 aromatic rings. The number of rotatable bonds is 7. The minimum Gasteiger partial charge on any atom is -1.00 e. The number of carbonyl (C=O) groups excluding carboxylic acids is 2. The van der Waals surface area contributed by atoms with Crippen LogP contribution in [0.2, 0.25) is 0 Å². The molecule has 0 unspecified atom stereocenters. The van der Waals surface area contributed by atoms with Crippen LogP contribution >= 0.6 is 0 Å². The number of hydrogen-bond acceptors (Lipinski definition) is 5. The van der Waals surface area contributed by atoms with E-state index in [4.69, 9.17) is 9.47 Å². The zero-order valence-electron chi connectivity index (χ0n) is 11.8. The molecule has 0 aromatic heterocycles. The Morgan fingerprint density at radius 1 is 1.15 bits per heavy atom. The highest BCUT2D eigenvalue weighted by Crippen LogP contribution is 2.20. The molecule has 0 bridgehead atoms. The second-order valence-electron chi connectivity index (χ2n) is 4.58. The fourth-order valence-electron chi connectivity index (χ4n) is 2.00. The van der Waals surface area contributed by atoms with Crippen LogP contribution in [0.4, 0.5) is 0 Å². The van der Waals surface area contributed by atoms with E-state index >= 15 is 0 Å². The summed E-state index contributed by atoms with van der Waals surface area (Å²) in [5, 5.41) is 0. The molecule has 0 radical (unpaired) electrons. The van der Waals surface area contributed by atoms with Gasteiger partial charge in [0.05, 0.1) is 13.7 Å². The van der Waals surface area contributed by atoms with E-state index in [1.807, 2.05) is 0 Å².